The van der Waals surface area contributed by atoms with Crippen molar-refractivity contribution in [3.63, 3.8) is 0 Å². The first-order valence-electron chi connectivity index (χ1n) is 13.0. The number of carboxylic acid groups (broad SMARTS) is 1. The van der Waals surface area contributed by atoms with Crippen LogP contribution < -0.4 is 43.8 Å². The molecule has 0 aromatic carbocycles. The third-order valence-corrected chi connectivity index (χ3v) is 5.87. The average molecular weight is 603 g/mol. The Morgan fingerprint density at radius 3 is 1.55 bits per heavy atom. The highest BCUT2D eigenvalue weighted by atomic mass is 16.4. The van der Waals surface area contributed by atoms with Crippen LogP contribution in [0.15, 0.2) is 0 Å². The molecule has 0 fully saturated rings. The summed E-state index contributed by atoms with van der Waals surface area (Å²) in [5.74, 6) is -8.00. The van der Waals surface area contributed by atoms with Gasteiger partial charge < -0.3 is 54.0 Å². The summed E-state index contributed by atoms with van der Waals surface area (Å²) in [4.78, 5) is 96.8. The van der Waals surface area contributed by atoms with Crippen molar-refractivity contribution in [1.29, 1.82) is 0 Å². The number of nitrogens with one attached hydrogen (secondary N) is 5. The Morgan fingerprint density at radius 1 is 0.643 bits per heavy atom. The Hall–Kier alpha value is -4.32. The first kappa shape index (κ1) is 37.7. The summed E-state index contributed by atoms with van der Waals surface area (Å²) in [5.41, 5.74) is 15.7. The number of hydrogen-bond donors (Lipinski definition) is 10. The number of hydrogen-bond acceptors (Lipinski definition) is 10. The number of rotatable bonds is 18. The molecule has 7 amide bonds. The van der Waals surface area contributed by atoms with Gasteiger partial charge in [-0.05, 0) is 33.1 Å². The molecule has 7 atom stereocenters. The van der Waals surface area contributed by atoms with E-state index in [0.717, 1.165) is 6.92 Å². The molecule has 0 rings (SSSR count). The fourth-order valence-corrected chi connectivity index (χ4v) is 3.37. The summed E-state index contributed by atoms with van der Waals surface area (Å²) in [6.45, 7) is 6.85. The highest BCUT2D eigenvalue weighted by molar-refractivity contribution is 5.96. The topological polar surface area (TPSA) is 315 Å². The number of aliphatic hydroxyl groups is 1. The van der Waals surface area contributed by atoms with E-state index in [1.54, 1.807) is 13.8 Å². The minimum Gasteiger partial charge on any atom is -0.480 e. The van der Waals surface area contributed by atoms with Crippen molar-refractivity contribution in [3.8, 4) is 0 Å². The number of primary amides is 2. The summed E-state index contributed by atoms with van der Waals surface area (Å²) in [5, 5.41) is 30.2. The molecule has 13 N–H and O–H groups in total. The van der Waals surface area contributed by atoms with Crippen LogP contribution in [0.25, 0.3) is 0 Å². The number of aliphatic carboxylic acids is 1. The molecule has 42 heavy (non-hydrogen) atoms. The van der Waals surface area contributed by atoms with Gasteiger partial charge in [-0.3, -0.25) is 33.6 Å². The first-order chi connectivity index (χ1) is 19.3. The maximum atomic E-state index is 13.1. The summed E-state index contributed by atoms with van der Waals surface area (Å²) in [6, 6.07) is -8.09. The van der Waals surface area contributed by atoms with Gasteiger partial charge in [-0.2, -0.15) is 0 Å². The standard InChI is InChI=1S/C24H42N8O10/c1-9(2)17(23(40)29-11(4)20(37)32-18(12(5)33)24(41)42)31-22(39)14(6-7-15(26)34)30-19(36)10(3)28-21(38)13(25)8-16(27)35/h9-14,17-18,33H,6-8,25H2,1-5H3,(H2,26,34)(H2,27,35)(H,28,38)(H,29,40)(H,30,36)(H,31,39)(H,32,37)(H,41,42)/t10-,11-,12+,13-,14-,17-,18-/m0/s1. The normalized spacial score (nSPS) is 15.9. The smallest absolute Gasteiger partial charge is 0.328 e. The van der Waals surface area contributed by atoms with Crippen molar-refractivity contribution in [1.82, 2.24) is 26.6 Å². The zero-order valence-corrected chi connectivity index (χ0v) is 24.1. The van der Waals surface area contributed by atoms with Gasteiger partial charge in [-0.1, -0.05) is 13.8 Å². The Bertz CT molecular complexity index is 1030. The molecule has 0 heterocycles. The van der Waals surface area contributed by atoms with Crippen LogP contribution in [0.3, 0.4) is 0 Å². The largest absolute Gasteiger partial charge is 0.480 e. The lowest BCUT2D eigenvalue weighted by atomic mass is 10.0. The molecule has 0 saturated heterocycles. The lowest BCUT2D eigenvalue weighted by Crippen LogP contribution is -2.60. The minimum atomic E-state index is -1.63. The van der Waals surface area contributed by atoms with E-state index in [-0.39, 0.29) is 12.8 Å². The fourth-order valence-electron chi connectivity index (χ4n) is 3.37. The van der Waals surface area contributed by atoms with Crippen LogP contribution in [0.1, 0.15) is 53.9 Å². The SMILES string of the molecule is CC(C)[C@H](NC(=O)[C@H](CCC(N)=O)NC(=O)[C@H](C)NC(=O)[C@@H](N)CC(N)=O)C(=O)N[C@@H](C)C(=O)N[C@H](C(=O)O)[C@@H](C)O. The van der Waals surface area contributed by atoms with Crippen molar-refractivity contribution < 1.29 is 48.6 Å². The highest BCUT2D eigenvalue weighted by Crippen LogP contribution is 2.06. The van der Waals surface area contributed by atoms with E-state index < -0.39 is 102 Å². The van der Waals surface area contributed by atoms with E-state index in [1.807, 2.05) is 0 Å². The first-order valence-corrected chi connectivity index (χ1v) is 13.0. The van der Waals surface area contributed by atoms with Gasteiger partial charge in [0.15, 0.2) is 6.04 Å². The lowest BCUT2D eigenvalue weighted by molar-refractivity contribution is -0.145. The Labute approximate surface area is 242 Å². The van der Waals surface area contributed by atoms with Gasteiger partial charge in [0.1, 0.15) is 24.2 Å². The molecule has 238 valence electrons. The second-order valence-corrected chi connectivity index (χ2v) is 10.1. The van der Waals surface area contributed by atoms with Gasteiger partial charge >= 0.3 is 5.97 Å². The number of carboxylic acids is 1. The number of amides is 7. The van der Waals surface area contributed by atoms with Gasteiger partial charge in [0.2, 0.25) is 41.4 Å². The molecule has 0 aliphatic heterocycles. The lowest BCUT2D eigenvalue weighted by Gasteiger charge is -2.27. The van der Waals surface area contributed by atoms with E-state index in [4.69, 9.17) is 22.3 Å². The van der Waals surface area contributed by atoms with E-state index in [1.165, 1.54) is 13.8 Å². The van der Waals surface area contributed by atoms with Crippen LogP contribution in [0.5, 0.6) is 0 Å². The third kappa shape index (κ3) is 13.4. The molecule has 0 spiro atoms. The van der Waals surface area contributed by atoms with Crippen molar-refractivity contribution in [3.05, 3.63) is 0 Å². The van der Waals surface area contributed by atoms with Crippen molar-refractivity contribution >= 4 is 47.3 Å². The molecule has 18 heteroatoms. The zero-order valence-electron chi connectivity index (χ0n) is 24.1. The predicted molar refractivity (Wildman–Crippen MR) is 145 cm³/mol. The van der Waals surface area contributed by atoms with Crippen LogP contribution >= 0.6 is 0 Å². The van der Waals surface area contributed by atoms with E-state index in [0.29, 0.717) is 0 Å². The molecule has 0 radical (unpaired) electrons. The molecule has 0 unspecified atom stereocenters. The van der Waals surface area contributed by atoms with Gasteiger partial charge in [0, 0.05) is 6.42 Å². The monoisotopic (exact) mass is 602 g/mol. The van der Waals surface area contributed by atoms with E-state index in [2.05, 4.69) is 26.6 Å². The van der Waals surface area contributed by atoms with E-state index in [9.17, 15) is 43.5 Å². The minimum absolute atomic E-state index is 0.268. The Kier molecular flexibility index (Phi) is 15.7. The molecule has 18 nitrogen and oxygen atoms in total. The number of nitrogens with two attached hydrogens (primary N) is 3. The zero-order chi connectivity index (χ0) is 32.9. The number of carbonyl (C=O) groups excluding carboxylic acids is 7. The molecule has 0 aromatic rings. The molecular weight excluding hydrogens is 560 g/mol. The average Bonchev–Trinajstić information content (AvgIpc) is 2.86. The molecule has 0 aromatic heterocycles. The number of aliphatic hydroxyl groups excluding tert-OH is 1. The van der Waals surface area contributed by atoms with Crippen LogP contribution in [0.2, 0.25) is 0 Å². The van der Waals surface area contributed by atoms with Gasteiger partial charge in [-0.25, -0.2) is 4.79 Å². The highest BCUT2D eigenvalue weighted by Gasteiger charge is 2.33. The second kappa shape index (κ2) is 17.5. The Morgan fingerprint density at radius 2 is 1.12 bits per heavy atom. The van der Waals surface area contributed by atoms with Crippen molar-refractivity contribution in [2.24, 2.45) is 23.1 Å². The molecular formula is C24H42N8O10. The quantitative estimate of drug-likeness (QED) is 0.0708. The summed E-state index contributed by atoms with van der Waals surface area (Å²) >= 11 is 0. The van der Waals surface area contributed by atoms with E-state index >= 15 is 0 Å². The van der Waals surface area contributed by atoms with Gasteiger partial charge in [0.25, 0.3) is 0 Å². The predicted octanol–water partition coefficient (Wildman–Crippen LogP) is -4.96. The summed E-state index contributed by atoms with van der Waals surface area (Å²) in [6.07, 6.45) is -2.49. The maximum Gasteiger partial charge on any atom is 0.328 e. The van der Waals surface area contributed by atoms with Crippen LogP contribution in [0, 0.1) is 5.92 Å². The van der Waals surface area contributed by atoms with Crippen LogP contribution in [-0.4, -0.2) is 99.9 Å². The molecule has 0 saturated carbocycles. The van der Waals surface area contributed by atoms with Crippen LogP contribution in [-0.2, 0) is 38.4 Å². The molecule has 0 bridgehead atoms. The van der Waals surface area contributed by atoms with Gasteiger partial charge in [-0.15, -0.1) is 0 Å². The second-order valence-electron chi connectivity index (χ2n) is 10.1. The number of carbonyl (C=O) groups is 8. The maximum absolute atomic E-state index is 13.1. The molecule has 0 aliphatic carbocycles. The summed E-state index contributed by atoms with van der Waals surface area (Å²) < 4.78 is 0. The van der Waals surface area contributed by atoms with Gasteiger partial charge in [0.05, 0.1) is 18.6 Å². The fraction of sp³-hybridized carbons (Fsp3) is 0.667. The van der Waals surface area contributed by atoms with Crippen molar-refractivity contribution in [2.75, 3.05) is 0 Å². The van der Waals surface area contributed by atoms with Crippen LogP contribution in [0.4, 0.5) is 0 Å². The Balaban J connectivity index is 5.57. The van der Waals surface area contributed by atoms with Crippen molar-refractivity contribution in [2.45, 2.75) is 96.2 Å². The molecule has 0 aliphatic rings. The summed E-state index contributed by atoms with van der Waals surface area (Å²) in [7, 11) is 0. The third-order valence-electron chi connectivity index (χ3n) is 5.87.